The highest BCUT2D eigenvalue weighted by Gasteiger charge is 2.21. The van der Waals surface area contributed by atoms with Crippen molar-refractivity contribution in [2.45, 2.75) is 26.2 Å². The van der Waals surface area contributed by atoms with Crippen molar-refractivity contribution in [1.29, 1.82) is 0 Å². The van der Waals surface area contributed by atoms with Gasteiger partial charge >= 0.3 is 5.97 Å². The summed E-state index contributed by atoms with van der Waals surface area (Å²) < 4.78 is 10.8. The standard InChI is InChI=1S/C23H27NO4/c1-18-11-13-24(14-12-18)22(25)16-28-23(26)17-27-21-10-6-5-9-20(21)15-19-7-3-2-4-8-19/h2-10,18H,11-17H2,1H3. The quantitative estimate of drug-likeness (QED) is 0.689. The van der Waals surface area contributed by atoms with Gasteiger partial charge in [0.05, 0.1) is 0 Å². The molecule has 1 heterocycles. The van der Waals surface area contributed by atoms with Gasteiger partial charge in [-0.15, -0.1) is 0 Å². The number of likely N-dealkylation sites (tertiary alicyclic amines) is 1. The van der Waals surface area contributed by atoms with E-state index >= 15 is 0 Å². The second kappa shape index (κ2) is 9.93. The molecule has 0 atom stereocenters. The fraction of sp³-hybridized carbons (Fsp3) is 0.391. The highest BCUT2D eigenvalue weighted by atomic mass is 16.6. The first-order valence-corrected chi connectivity index (χ1v) is 9.80. The van der Waals surface area contributed by atoms with Crippen molar-refractivity contribution in [2.75, 3.05) is 26.3 Å². The molecule has 2 aromatic carbocycles. The molecule has 0 saturated carbocycles. The number of benzene rings is 2. The molecule has 3 rings (SSSR count). The van der Waals surface area contributed by atoms with E-state index in [1.54, 1.807) is 4.90 Å². The summed E-state index contributed by atoms with van der Waals surface area (Å²) in [6.07, 6.45) is 2.72. The topological polar surface area (TPSA) is 55.8 Å². The minimum Gasteiger partial charge on any atom is -0.482 e. The van der Waals surface area contributed by atoms with Crippen LogP contribution in [0.2, 0.25) is 0 Å². The molecule has 28 heavy (non-hydrogen) atoms. The Morgan fingerprint density at radius 2 is 1.64 bits per heavy atom. The Balaban J connectivity index is 1.46. The van der Waals surface area contributed by atoms with Crippen molar-refractivity contribution in [1.82, 2.24) is 4.90 Å². The van der Waals surface area contributed by atoms with Crippen LogP contribution in [0.1, 0.15) is 30.9 Å². The van der Waals surface area contributed by atoms with Gasteiger partial charge in [0.2, 0.25) is 0 Å². The molecule has 0 radical (unpaired) electrons. The largest absolute Gasteiger partial charge is 0.482 e. The second-order valence-corrected chi connectivity index (χ2v) is 7.28. The zero-order valence-corrected chi connectivity index (χ0v) is 16.3. The van der Waals surface area contributed by atoms with Crippen LogP contribution in [0.25, 0.3) is 0 Å². The molecular weight excluding hydrogens is 354 g/mol. The number of piperidine rings is 1. The van der Waals surface area contributed by atoms with Crippen LogP contribution in [0.15, 0.2) is 54.6 Å². The van der Waals surface area contributed by atoms with E-state index in [4.69, 9.17) is 9.47 Å². The number of ether oxygens (including phenoxy) is 2. The fourth-order valence-electron chi connectivity index (χ4n) is 3.28. The fourth-order valence-corrected chi connectivity index (χ4v) is 3.28. The van der Waals surface area contributed by atoms with E-state index in [2.05, 4.69) is 19.1 Å². The maximum absolute atomic E-state index is 12.1. The number of para-hydroxylation sites is 1. The van der Waals surface area contributed by atoms with Gasteiger partial charge < -0.3 is 14.4 Å². The zero-order chi connectivity index (χ0) is 19.8. The van der Waals surface area contributed by atoms with Crippen molar-refractivity contribution in [3.05, 3.63) is 65.7 Å². The number of nitrogens with zero attached hydrogens (tertiary/aromatic N) is 1. The Morgan fingerprint density at radius 1 is 0.964 bits per heavy atom. The highest BCUT2D eigenvalue weighted by molar-refractivity contribution is 5.81. The van der Waals surface area contributed by atoms with Gasteiger partial charge in [0.15, 0.2) is 13.2 Å². The number of esters is 1. The lowest BCUT2D eigenvalue weighted by Gasteiger charge is -2.30. The normalized spacial score (nSPS) is 14.5. The van der Waals surface area contributed by atoms with Crippen LogP contribution < -0.4 is 4.74 Å². The van der Waals surface area contributed by atoms with Crippen LogP contribution in [-0.4, -0.2) is 43.1 Å². The maximum Gasteiger partial charge on any atom is 0.344 e. The summed E-state index contributed by atoms with van der Waals surface area (Å²) in [5.74, 6) is 0.633. The van der Waals surface area contributed by atoms with E-state index in [0.29, 0.717) is 11.7 Å². The molecule has 1 aliphatic heterocycles. The van der Waals surface area contributed by atoms with Crippen molar-refractivity contribution in [3.8, 4) is 5.75 Å². The smallest absolute Gasteiger partial charge is 0.344 e. The van der Waals surface area contributed by atoms with E-state index in [0.717, 1.165) is 37.9 Å². The van der Waals surface area contributed by atoms with Crippen LogP contribution in [0.3, 0.4) is 0 Å². The van der Waals surface area contributed by atoms with Gasteiger partial charge in [0.25, 0.3) is 5.91 Å². The number of rotatable bonds is 7. The molecule has 0 aliphatic carbocycles. The van der Waals surface area contributed by atoms with Crippen molar-refractivity contribution < 1.29 is 19.1 Å². The molecule has 5 nitrogen and oxygen atoms in total. The Morgan fingerprint density at radius 3 is 2.39 bits per heavy atom. The number of hydrogen-bond donors (Lipinski definition) is 0. The number of carbonyl (C=O) groups is 2. The van der Waals surface area contributed by atoms with Crippen molar-refractivity contribution >= 4 is 11.9 Å². The molecule has 1 amide bonds. The first-order valence-electron chi connectivity index (χ1n) is 9.80. The summed E-state index contributed by atoms with van der Waals surface area (Å²) in [5, 5.41) is 0. The van der Waals surface area contributed by atoms with Crippen LogP contribution in [0.4, 0.5) is 0 Å². The molecule has 1 saturated heterocycles. The van der Waals surface area contributed by atoms with E-state index < -0.39 is 5.97 Å². The van der Waals surface area contributed by atoms with E-state index in [9.17, 15) is 9.59 Å². The molecule has 5 heteroatoms. The zero-order valence-electron chi connectivity index (χ0n) is 16.3. The molecule has 1 fully saturated rings. The molecule has 148 valence electrons. The summed E-state index contributed by atoms with van der Waals surface area (Å²) in [5.41, 5.74) is 2.17. The molecule has 2 aromatic rings. The molecule has 0 unspecified atom stereocenters. The molecule has 1 aliphatic rings. The van der Waals surface area contributed by atoms with E-state index in [1.165, 1.54) is 5.56 Å². The maximum atomic E-state index is 12.1. The van der Waals surface area contributed by atoms with Crippen LogP contribution in [0, 0.1) is 5.92 Å². The number of carbonyl (C=O) groups excluding carboxylic acids is 2. The Hall–Kier alpha value is -2.82. The first kappa shape index (κ1) is 19.9. The van der Waals surface area contributed by atoms with Gasteiger partial charge in [-0.25, -0.2) is 4.79 Å². The summed E-state index contributed by atoms with van der Waals surface area (Å²) in [7, 11) is 0. The van der Waals surface area contributed by atoms with Crippen LogP contribution >= 0.6 is 0 Å². The van der Waals surface area contributed by atoms with E-state index in [1.807, 2.05) is 42.5 Å². The van der Waals surface area contributed by atoms with Crippen molar-refractivity contribution in [2.24, 2.45) is 5.92 Å². The Bertz CT molecular complexity index is 782. The van der Waals surface area contributed by atoms with Crippen LogP contribution in [0.5, 0.6) is 5.75 Å². The van der Waals surface area contributed by atoms with E-state index in [-0.39, 0.29) is 19.1 Å². The second-order valence-electron chi connectivity index (χ2n) is 7.28. The lowest BCUT2D eigenvalue weighted by molar-refractivity contribution is -0.154. The summed E-state index contributed by atoms with van der Waals surface area (Å²) in [6, 6.07) is 17.7. The number of amides is 1. The molecule has 0 aromatic heterocycles. The summed E-state index contributed by atoms with van der Waals surface area (Å²) >= 11 is 0. The first-order chi connectivity index (χ1) is 13.6. The number of hydrogen-bond acceptors (Lipinski definition) is 4. The molecule has 0 N–H and O–H groups in total. The lowest BCUT2D eigenvalue weighted by atomic mass is 9.99. The average Bonchev–Trinajstić information content (AvgIpc) is 2.72. The Kier molecular flexibility index (Phi) is 7.06. The monoisotopic (exact) mass is 381 g/mol. The minimum atomic E-state index is -0.534. The lowest BCUT2D eigenvalue weighted by Crippen LogP contribution is -2.40. The third kappa shape index (κ3) is 5.84. The van der Waals surface area contributed by atoms with Gasteiger partial charge in [-0.05, 0) is 36.0 Å². The van der Waals surface area contributed by atoms with Gasteiger partial charge in [-0.1, -0.05) is 55.5 Å². The minimum absolute atomic E-state index is 0.135. The van der Waals surface area contributed by atoms with Gasteiger partial charge in [0.1, 0.15) is 5.75 Å². The Labute approximate surface area is 166 Å². The third-order valence-electron chi connectivity index (χ3n) is 5.05. The molecular formula is C23H27NO4. The SMILES string of the molecule is CC1CCN(C(=O)COC(=O)COc2ccccc2Cc2ccccc2)CC1. The van der Waals surface area contributed by atoms with Gasteiger partial charge in [-0.2, -0.15) is 0 Å². The van der Waals surface area contributed by atoms with Gasteiger partial charge in [0, 0.05) is 19.5 Å². The van der Waals surface area contributed by atoms with Crippen LogP contribution in [-0.2, 0) is 20.7 Å². The van der Waals surface area contributed by atoms with Crippen molar-refractivity contribution in [3.63, 3.8) is 0 Å². The molecule has 0 spiro atoms. The molecule has 0 bridgehead atoms. The predicted molar refractivity (Wildman–Crippen MR) is 107 cm³/mol. The highest BCUT2D eigenvalue weighted by Crippen LogP contribution is 2.21. The third-order valence-corrected chi connectivity index (χ3v) is 5.05. The summed E-state index contributed by atoms with van der Waals surface area (Å²) in [6.45, 7) is 3.23. The predicted octanol–water partition coefficient (Wildman–Crippen LogP) is 3.46. The average molecular weight is 381 g/mol. The summed E-state index contributed by atoms with van der Waals surface area (Å²) in [4.78, 5) is 25.9. The van der Waals surface area contributed by atoms with Gasteiger partial charge in [-0.3, -0.25) is 4.79 Å².